The van der Waals surface area contributed by atoms with Gasteiger partial charge in [0.1, 0.15) is 11.4 Å². The topological polar surface area (TPSA) is 68.0 Å². The molecule has 1 fully saturated rings. The summed E-state index contributed by atoms with van der Waals surface area (Å²) < 4.78 is 11.3. The van der Waals surface area contributed by atoms with Gasteiger partial charge in [-0.2, -0.15) is 0 Å². The molecule has 6 nitrogen and oxygen atoms in total. The summed E-state index contributed by atoms with van der Waals surface area (Å²) in [7, 11) is 0. The van der Waals surface area contributed by atoms with E-state index < -0.39 is 5.60 Å². The molecule has 1 aliphatic rings. The number of nitrogen functional groups attached to an aromatic ring is 1. The van der Waals surface area contributed by atoms with E-state index >= 15 is 0 Å². The van der Waals surface area contributed by atoms with Crippen molar-refractivity contribution in [1.29, 1.82) is 0 Å². The van der Waals surface area contributed by atoms with Crippen LogP contribution in [0.25, 0.3) is 0 Å². The molecule has 1 aliphatic heterocycles. The Morgan fingerprint density at radius 3 is 2.40 bits per heavy atom. The highest BCUT2D eigenvalue weighted by atomic mass is 16.6. The second-order valence-electron chi connectivity index (χ2n) is 7.78. The van der Waals surface area contributed by atoms with Gasteiger partial charge in [-0.15, -0.1) is 0 Å². The van der Waals surface area contributed by atoms with E-state index in [4.69, 9.17) is 15.2 Å². The van der Waals surface area contributed by atoms with Crippen molar-refractivity contribution in [3.8, 4) is 5.75 Å². The number of ether oxygens (including phenoxy) is 2. The third kappa shape index (κ3) is 6.12. The standard InChI is InChI=1S/C19H31N3O3/c1-14(2)24-17-7-6-16(20)12-15(17)13-21-8-10-22(11-9-21)18(23)25-19(3,4)5/h6-7,12,14H,8-11,13,20H2,1-5H3. The molecule has 2 rings (SSSR count). The number of rotatable bonds is 4. The number of nitrogens with zero attached hydrogens (tertiary/aromatic N) is 2. The van der Waals surface area contributed by atoms with Crippen molar-refractivity contribution < 1.29 is 14.3 Å². The summed E-state index contributed by atoms with van der Waals surface area (Å²) in [6, 6.07) is 5.77. The average molecular weight is 349 g/mol. The van der Waals surface area contributed by atoms with Gasteiger partial charge in [-0.1, -0.05) is 0 Å². The molecule has 1 amide bonds. The van der Waals surface area contributed by atoms with E-state index in [2.05, 4.69) is 4.90 Å². The highest BCUT2D eigenvalue weighted by Crippen LogP contribution is 2.25. The van der Waals surface area contributed by atoms with Gasteiger partial charge in [-0.3, -0.25) is 4.90 Å². The Bertz CT molecular complexity index is 588. The third-order valence-corrected chi connectivity index (χ3v) is 3.87. The Labute approximate surface area is 150 Å². The van der Waals surface area contributed by atoms with Crippen molar-refractivity contribution in [2.24, 2.45) is 0 Å². The lowest BCUT2D eigenvalue weighted by molar-refractivity contribution is 0.0138. The minimum absolute atomic E-state index is 0.117. The molecule has 25 heavy (non-hydrogen) atoms. The Kier molecular flexibility index (Phi) is 6.16. The second kappa shape index (κ2) is 7.95. The summed E-state index contributed by atoms with van der Waals surface area (Å²) in [4.78, 5) is 16.2. The maximum Gasteiger partial charge on any atom is 0.410 e. The summed E-state index contributed by atoms with van der Waals surface area (Å²) >= 11 is 0. The fourth-order valence-corrected chi connectivity index (χ4v) is 2.75. The quantitative estimate of drug-likeness (QED) is 0.846. The summed E-state index contributed by atoms with van der Waals surface area (Å²) in [6.07, 6.45) is -0.119. The third-order valence-electron chi connectivity index (χ3n) is 3.87. The van der Waals surface area contributed by atoms with Crippen molar-refractivity contribution in [3.05, 3.63) is 23.8 Å². The zero-order valence-corrected chi connectivity index (χ0v) is 16.0. The molecule has 0 bridgehead atoms. The van der Waals surface area contributed by atoms with Gasteiger partial charge in [0.15, 0.2) is 0 Å². The molecule has 1 aromatic rings. The van der Waals surface area contributed by atoms with Gasteiger partial charge in [-0.05, 0) is 52.8 Å². The molecule has 0 saturated carbocycles. The Balaban J connectivity index is 1.94. The van der Waals surface area contributed by atoms with Crippen molar-refractivity contribution in [2.45, 2.75) is 52.9 Å². The van der Waals surface area contributed by atoms with Crippen LogP contribution in [0.15, 0.2) is 18.2 Å². The molecule has 1 aromatic carbocycles. The molecule has 0 unspecified atom stereocenters. The number of hydrogen-bond acceptors (Lipinski definition) is 5. The molecule has 0 aliphatic carbocycles. The maximum atomic E-state index is 12.1. The molecular weight excluding hydrogens is 318 g/mol. The molecule has 1 saturated heterocycles. The summed E-state index contributed by atoms with van der Waals surface area (Å²) in [6.45, 7) is 13.4. The molecule has 6 heteroatoms. The van der Waals surface area contributed by atoms with Gasteiger partial charge in [0.2, 0.25) is 0 Å². The van der Waals surface area contributed by atoms with E-state index in [-0.39, 0.29) is 12.2 Å². The zero-order chi connectivity index (χ0) is 18.6. The second-order valence-corrected chi connectivity index (χ2v) is 7.78. The largest absolute Gasteiger partial charge is 0.491 e. The molecule has 0 atom stereocenters. The van der Waals surface area contributed by atoms with E-state index in [0.717, 1.165) is 36.6 Å². The number of benzene rings is 1. The predicted octanol–water partition coefficient (Wildman–Crippen LogP) is 3.11. The minimum atomic E-state index is -0.459. The van der Waals surface area contributed by atoms with Crippen molar-refractivity contribution in [2.75, 3.05) is 31.9 Å². The lowest BCUT2D eigenvalue weighted by atomic mass is 10.1. The van der Waals surface area contributed by atoms with Crippen LogP contribution in [0.2, 0.25) is 0 Å². The Hall–Kier alpha value is -1.95. The Morgan fingerprint density at radius 1 is 1.20 bits per heavy atom. The zero-order valence-electron chi connectivity index (χ0n) is 16.0. The monoisotopic (exact) mass is 349 g/mol. The van der Waals surface area contributed by atoms with Gasteiger partial charge < -0.3 is 20.1 Å². The first kappa shape index (κ1) is 19.4. The highest BCUT2D eigenvalue weighted by Gasteiger charge is 2.26. The number of carbonyl (C=O) groups is 1. The van der Waals surface area contributed by atoms with Crippen LogP contribution in [-0.4, -0.2) is 53.8 Å². The van der Waals surface area contributed by atoms with Crippen LogP contribution in [0.1, 0.15) is 40.2 Å². The van der Waals surface area contributed by atoms with E-state index in [1.54, 1.807) is 4.90 Å². The summed E-state index contributed by atoms with van der Waals surface area (Å²) in [5.74, 6) is 0.874. The van der Waals surface area contributed by atoms with Crippen LogP contribution in [-0.2, 0) is 11.3 Å². The number of piperazine rings is 1. The fourth-order valence-electron chi connectivity index (χ4n) is 2.75. The summed E-state index contributed by atoms with van der Waals surface area (Å²) in [5.41, 5.74) is 7.30. The van der Waals surface area contributed by atoms with Crippen molar-refractivity contribution in [1.82, 2.24) is 9.80 Å². The number of nitrogens with two attached hydrogens (primary N) is 1. The van der Waals surface area contributed by atoms with Gasteiger partial charge in [-0.25, -0.2) is 4.79 Å². The fraction of sp³-hybridized carbons (Fsp3) is 0.632. The first-order chi connectivity index (χ1) is 11.6. The molecule has 0 spiro atoms. The average Bonchev–Trinajstić information content (AvgIpc) is 2.48. The number of hydrogen-bond donors (Lipinski definition) is 1. The van der Waals surface area contributed by atoms with Crippen LogP contribution in [0, 0.1) is 0 Å². The SMILES string of the molecule is CC(C)Oc1ccc(N)cc1CN1CCN(C(=O)OC(C)(C)C)CC1. The number of anilines is 1. The lowest BCUT2D eigenvalue weighted by Gasteiger charge is -2.35. The molecule has 140 valence electrons. The first-order valence-corrected chi connectivity index (χ1v) is 8.89. The highest BCUT2D eigenvalue weighted by molar-refractivity contribution is 5.68. The van der Waals surface area contributed by atoms with E-state index in [1.165, 1.54) is 0 Å². The smallest absolute Gasteiger partial charge is 0.410 e. The lowest BCUT2D eigenvalue weighted by Crippen LogP contribution is -2.49. The van der Waals surface area contributed by atoms with Gasteiger partial charge in [0.25, 0.3) is 0 Å². The van der Waals surface area contributed by atoms with E-state index in [1.807, 2.05) is 52.8 Å². The molecule has 1 heterocycles. The number of carbonyl (C=O) groups excluding carboxylic acids is 1. The van der Waals surface area contributed by atoms with Crippen molar-refractivity contribution in [3.63, 3.8) is 0 Å². The van der Waals surface area contributed by atoms with Crippen LogP contribution in [0.3, 0.4) is 0 Å². The molecule has 0 aromatic heterocycles. The van der Waals surface area contributed by atoms with Crippen LogP contribution in [0.5, 0.6) is 5.75 Å². The van der Waals surface area contributed by atoms with E-state index in [9.17, 15) is 4.79 Å². The predicted molar refractivity (Wildman–Crippen MR) is 99.7 cm³/mol. The minimum Gasteiger partial charge on any atom is -0.491 e. The van der Waals surface area contributed by atoms with Gasteiger partial charge >= 0.3 is 6.09 Å². The molecular formula is C19H31N3O3. The first-order valence-electron chi connectivity index (χ1n) is 8.89. The van der Waals surface area contributed by atoms with Crippen LogP contribution >= 0.6 is 0 Å². The Morgan fingerprint density at radius 2 is 1.84 bits per heavy atom. The summed E-state index contributed by atoms with van der Waals surface area (Å²) in [5, 5.41) is 0. The normalized spacial score (nSPS) is 16.2. The number of amides is 1. The van der Waals surface area contributed by atoms with Gasteiger partial charge in [0.05, 0.1) is 6.10 Å². The van der Waals surface area contributed by atoms with Crippen molar-refractivity contribution >= 4 is 11.8 Å². The van der Waals surface area contributed by atoms with Gasteiger partial charge in [0, 0.05) is 44.0 Å². The molecule has 2 N–H and O–H groups in total. The van der Waals surface area contributed by atoms with E-state index in [0.29, 0.717) is 13.1 Å². The molecule has 0 radical (unpaired) electrons. The van der Waals surface area contributed by atoms with Crippen LogP contribution < -0.4 is 10.5 Å². The maximum absolute atomic E-state index is 12.1. The van der Waals surface area contributed by atoms with Crippen LogP contribution in [0.4, 0.5) is 10.5 Å².